The van der Waals surface area contributed by atoms with Gasteiger partial charge in [-0.25, -0.2) is 4.98 Å². The monoisotopic (exact) mass is 348 g/mol. The first-order chi connectivity index (χ1) is 12.6. The van der Waals surface area contributed by atoms with Gasteiger partial charge in [-0.05, 0) is 37.3 Å². The maximum atomic E-state index is 12.0. The molecule has 7 nitrogen and oxygen atoms in total. The standard InChI is InChI=1S/C19H16N4O3/c1-12-19(24)23(2)16-9-8-13(10-15(16)20-12)18-21-17(26-22-18)11-25-14-6-4-3-5-7-14/h3-10H,11H2,1-2H3. The highest BCUT2D eigenvalue weighted by molar-refractivity contribution is 5.80. The number of fused-ring (bicyclic) bond motifs is 1. The van der Waals surface area contributed by atoms with Crippen molar-refractivity contribution in [3.05, 3.63) is 70.5 Å². The fourth-order valence-electron chi connectivity index (χ4n) is 2.71. The summed E-state index contributed by atoms with van der Waals surface area (Å²) in [5, 5.41) is 4.01. The third kappa shape index (κ3) is 2.95. The van der Waals surface area contributed by atoms with Crippen LogP contribution in [0.4, 0.5) is 0 Å². The molecular weight excluding hydrogens is 332 g/mol. The Morgan fingerprint density at radius 2 is 1.92 bits per heavy atom. The summed E-state index contributed by atoms with van der Waals surface area (Å²) in [5.41, 5.74) is 2.56. The average Bonchev–Trinajstić information content (AvgIpc) is 3.14. The van der Waals surface area contributed by atoms with E-state index in [0.717, 1.165) is 16.8 Å². The Hall–Kier alpha value is -3.48. The smallest absolute Gasteiger partial charge is 0.272 e. The molecule has 0 atom stereocenters. The van der Waals surface area contributed by atoms with Gasteiger partial charge >= 0.3 is 0 Å². The fourth-order valence-corrected chi connectivity index (χ4v) is 2.71. The number of benzene rings is 2. The third-order valence-electron chi connectivity index (χ3n) is 4.07. The second-order valence-electron chi connectivity index (χ2n) is 5.88. The lowest BCUT2D eigenvalue weighted by Crippen LogP contribution is -2.21. The molecule has 4 aromatic rings. The Balaban J connectivity index is 1.61. The van der Waals surface area contributed by atoms with E-state index in [4.69, 9.17) is 9.26 Å². The van der Waals surface area contributed by atoms with Gasteiger partial charge in [0.25, 0.3) is 11.4 Å². The molecule has 0 unspecified atom stereocenters. The minimum Gasteiger partial charge on any atom is -0.484 e. The Kier molecular flexibility index (Phi) is 3.96. The number of aryl methyl sites for hydroxylation is 2. The minimum absolute atomic E-state index is 0.106. The van der Waals surface area contributed by atoms with Crippen molar-refractivity contribution in [1.29, 1.82) is 0 Å². The van der Waals surface area contributed by atoms with Gasteiger partial charge in [0.2, 0.25) is 5.82 Å². The van der Waals surface area contributed by atoms with E-state index in [1.807, 2.05) is 48.5 Å². The van der Waals surface area contributed by atoms with Crippen molar-refractivity contribution in [1.82, 2.24) is 19.7 Å². The van der Waals surface area contributed by atoms with Crippen LogP contribution in [0.1, 0.15) is 11.6 Å². The summed E-state index contributed by atoms with van der Waals surface area (Å²) in [7, 11) is 1.73. The zero-order valence-corrected chi connectivity index (χ0v) is 14.3. The SMILES string of the molecule is Cc1nc2cc(-c3noc(COc4ccccc4)n3)ccc2n(C)c1=O. The van der Waals surface area contributed by atoms with Crippen LogP contribution >= 0.6 is 0 Å². The van der Waals surface area contributed by atoms with Gasteiger partial charge in [-0.3, -0.25) is 4.79 Å². The lowest BCUT2D eigenvalue weighted by Gasteiger charge is -2.06. The van der Waals surface area contributed by atoms with E-state index in [9.17, 15) is 4.79 Å². The van der Waals surface area contributed by atoms with Crippen molar-refractivity contribution in [2.24, 2.45) is 7.05 Å². The Morgan fingerprint density at radius 1 is 1.12 bits per heavy atom. The zero-order valence-electron chi connectivity index (χ0n) is 14.3. The van der Waals surface area contributed by atoms with Crippen LogP contribution in [0.2, 0.25) is 0 Å². The molecule has 0 saturated heterocycles. The van der Waals surface area contributed by atoms with Crippen molar-refractivity contribution in [2.45, 2.75) is 13.5 Å². The molecule has 0 aliphatic rings. The molecule has 26 heavy (non-hydrogen) atoms. The normalized spacial score (nSPS) is 11.0. The Morgan fingerprint density at radius 3 is 2.73 bits per heavy atom. The van der Waals surface area contributed by atoms with Gasteiger partial charge in [0.15, 0.2) is 6.61 Å². The van der Waals surface area contributed by atoms with Crippen molar-refractivity contribution < 1.29 is 9.26 Å². The second kappa shape index (κ2) is 6.44. The number of para-hydroxylation sites is 1. The first kappa shape index (κ1) is 16.0. The van der Waals surface area contributed by atoms with E-state index in [2.05, 4.69) is 15.1 Å². The minimum atomic E-state index is -0.106. The van der Waals surface area contributed by atoms with Crippen molar-refractivity contribution in [3.63, 3.8) is 0 Å². The molecular formula is C19H16N4O3. The molecule has 0 aliphatic heterocycles. The van der Waals surface area contributed by atoms with E-state index in [-0.39, 0.29) is 12.2 Å². The molecule has 0 fully saturated rings. The summed E-state index contributed by atoms with van der Waals surface area (Å²) < 4.78 is 12.4. The molecule has 2 aromatic heterocycles. The number of hydrogen-bond acceptors (Lipinski definition) is 6. The maximum absolute atomic E-state index is 12.0. The highest BCUT2D eigenvalue weighted by Crippen LogP contribution is 2.21. The lowest BCUT2D eigenvalue weighted by molar-refractivity contribution is 0.243. The fraction of sp³-hybridized carbons (Fsp3) is 0.158. The zero-order chi connectivity index (χ0) is 18.1. The quantitative estimate of drug-likeness (QED) is 0.564. The van der Waals surface area contributed by atoms with Crippen LogP contribution in [0.25, 0.3) is 22.4 Å². The van der Waals surface area contributed by atoms with Crippen molar-refractivity contribution >= 4 is 11.0 Å². The van der Waals surface area contributed by atoms with Gasteiger partial charge < -0.3 is 13.8 Å². The van der Waals surface area contributed by atoms with Crippen LogP contribution in [0.15, 0.2) is 57.8 Å². The number of ether oxygens (including phenoxy) is 1. The highest BCUT2D eigenvalue weighted by Gasteiger charge is 2.12. The van der Waals surface area contributed by atoms with Crippen LogP contribution in [-0.4, -0.2) is 19.7 Å². The van der Waals surface area contributed by atoms with Gasteiger partial charge in [-0.2, -0.15) is 4.98 Å². The topological polar surface area (TPSA) is 83.0 Å². The van der Waals surface area contributed by atoms with E-state index in [0.29, 0.717) is 22.9 Å². The summed E-state index contributed by atoms with van der Waals surface area (Å²) in [6.07, 6.45) is 0. The summed E-state index contributed by atoms with van der Waals surface area (Å²) in [6, 6.07) is 14.9. The molecule has 2 aromatic carbocycles. The third-order valence-corrected chi connectivity index (χ3v) is 4.07. The van der Waals surface area contributed by atoms with Gasteiger partial charge in [0, 0.05) is 12.6 Å². The summed E-state index contributed by atoms with van der Waals surface area (Å²) in [6.45, 7) is 1.89. The van der Waals surface area contributed by atoms with E-state index >= 15 is 0 Å². The number of hydrogen-bond donors (Lipinski definition) is 0. The van der Waals surface area contributed by atoms with E-state index in [1.54, 1.807) is 18.5 Å². The second-order valence-corrected chi connectivity index (χ2v) is 5.88. The summed E-state index contributed by atoms with van der Waals surface area (Å²) in [4.78, 5) is 20.7. The molecule has 0 N–H and O–H groups in total. The van der Waals surface area contributed by atoms with Crippen molar-refractivity contribution in [3.8, 4) is 17.1 Å². The summed E-state index contributed by atoms with van der Waals surface area (Å²) >= 11 is 0. The molecule has 4 rings (SSSR count). The molecule has 7 heteroatoms. The van der Waals surface area contributed by atoms with Gasteiger partial charge in [-0.1, -0.05) is 23.4 Å². The molecule has 0 spiro atoms. The number of nitrogens with zero attached hydrogens (tertiary/aromatic N) is 4. The van der Waals surface area contributed by atoms with Crippen LogP contribution < -0.4 is 10.3 Å². The molecule has 0 bridgehead atoms. The highest BCUT2D eigenvalue weighted by atomic mass is 16.5. The maximum Gasteiger partial charge on any atom is 0.272 e. The predicted octanol–water partition coefficient (Wildman–Crippen LogP) is 2.87. The number of rotatable bonds is 4. The van der Waals surface area contributed by atoms with Crippen LogP contribution in [0.5, 0.6) is 5.75 Å². The number of aromatic nitrogens is 4. The Labute approximate surface area is 148 Å². The van der Waals surface area contributed by atoms with Gasteiger partial charge in [0.1, 0.15) is 11.4 Å². The summed E-state index contributed by atoms with van der Waals surface area (Å²) in [5.74, 6) is 1.57. The first-order valence-corrected chi connectivity index (χ1v) is 8.10. The molecule has 2 heterocycles. The van der Waals surface area contributed by atoms with E-state index < -0.39 is 0 Å². The Bertz CT molecular complexity index is 1130. The molecule has 0 saturated carbocycles. The van der Waals surface area contributed by atoms with Gasteiger partial charge in [0.05, 0.1) is 11.0 Å². The molecule has 0 aliphatic carbocycles. The molecule has 130 valence electrons. The predicted molar refractivity (Wildman–Crippen MR) is 95.8 cm³/mol. The largest absolute Gasteiger partial charge is 0.484 e. The average molecular weight is 348 g/mol. The first-order valence-electron chi connectivity index (χ1n) is 8.10. The van der Waals surface area contributed by atoms with E-state index in [1.165, 1.54) is 0 Å². The lowest BCUT2D eigenvalue weighted by atomic mass is 10.1. The molecule has 0 amide bonds. The van der Waals surface area contributed by atoms with Gasteiger partial charge in [-0.15, -0.1) is 0 Å². The van der Waals surface area contributed by atoms with Crippen molar-refractivity contribution in [2.75, 3.05) is 0 Å². The molecule has 0 radical (unpaired) electrons. The van der Waals surface area contributed by atoms with Crippen LogP contribution in [0.3, 0.4) is 0 Å². The van der Waals surface area contributed by atoms with Crippen LogP contribution in [0, 0.1) is 6.92 Å². The van der Waals surface area contributed by atoms with Crippen LogP contribution in [-0.2, 0) is 13.7 Å².